The Kier molecular flexibility index (Phi) is 6.86. The zero-order valence-electron chi connectivity index (χ0n) is 16.8. The Bertz CT molecular complexity index is 898. The Morgan fingerprint density at radius 2 is 1.84 bits per heavy atom. The number of rotatable bonds is 4. The lowest BCUT2D eigenvalue weighted by Crippen LogP contribution is -2.57. The first-order valence-corrected chi connectivity index (χ1v) is 11.1. The number of ether oxygens (including phenoxy) is 4. The molecule has 9 heteroatoms. The van der Waals surface area contributed by atoms with Gasteiger partial charge >= 0.3 is 6.18 Å². The topological polar surface area (TPSA) is 36.9 Å². The number of hydrogen-bond donors (Lipinski definition) is 0. The van der Waals surface area contributed by atoms with Crippen molar-refractivity contribution in [2.75, 3.05) is 13.7 Å². The van der Waals surface area contributed by atoms with Crippen LogP contribution in [-0.2, 0) is 25.1 Å². The zero-order valence-corrected chi connectivity index (χ0v) is 18.4. The lowest BCUT2D eigenvalue weighted by Gasteiger charge is -2.48. The maximum atomic E-state index is 13.0. The Balaban J connectivity index is 1.49. The van der Waals surface area contributed by atoms with Crippen LogP contribution >= 0.6 is 23.4 Å². The molecular formula is C22H22ClF3O4S. The lowest BCUT2D eigenvalue weighted by atomic mass is 9.90. The summed E-state index contributed by atoms with van der Waals surface area (Å²) in [7, 11) is 1.59. The number of methoxy groups -OCH3 is 1. The van der Waals surface area contributed by atoms with Gasteiger partial charge in [0.2, 0.25) is 0 Å². The molecule has 0 bridgehead atoms. The summed E-state index contributed by atoms with van der Waals surface area (Å²) >= 11 is 7.15. The molecule has 2 fully saturated rings. The van der Waals surface area contributed by atoms with E-state index in [0.29, 0.717) is 11.5 Å². The van der Waals surface area contributed by atoms with Gasteiger partial charge in [-0.1, -0.05) is 60.6 Å². The summed E-state index contributed by atoms with van der Waals surface area (Å²) in [4.78, 5) is 0.565. The molecular weight excluding hydrogens is 453 g/mol. The van der Waals surface area contributed by atoms with Crippen LogP contribution in [0.3, 0.4) is 0 Å². The first-order valence-electron chi connectivity index (χ1n) is 9.81. The van der Waals surface area contributed by atoms with E-state index in [1.807, 2.05) is 37.3 Å². The molecule has 0 aliphatic carbocycles. The fourth-order valence-electron chi connectivity index (χ4n) is 3.95. The summed E-state index contributed by atoms with van der Waals surface area (Å²) in [5, 5.41) is -0.344. The average Bonchev–Trinajstić information content (AvgIpc) is 2.73. The summed E-state index contributed by atoms with van der Waals surface area (Å²) in [6.45, 7) is 2.37. The highest BCUT2D eigenvalue weighted by Crippen LogP contribution is 2.43. The van der Waals surface area contributed by atoms with Crippen molar-refractivity contribution in [3.8, 4) is 0 Å². The van der Waals surface area contributed by atoms with Crippen molar-refractivity contribution in [2.24, 2.45) is 5.92 Å². The number of thioether (sulfide) groups is 1. The van der Waals surface area contributed by atoms with Gasteiger partial charge in [-0.3, -0.25) is 0 Å². The molecule has 168 valence electrons. The highest BCUT2D eigenvalue weighted by molar-refractivity contribution is 7.99. The van der Waals surface area contributed by atoms with Gasteiger partial charge in [-0.25, -0.2) is 0 Å². The molecule has 6 atom stereocenters. The molecule has 0 N–H and O–H groups in total. The second kappa shape index (κ2) is 9.29. The van der Waals surface area contributed by atoms with Gasteiger partial charge in [-0.05, 0) is 18.2 Å². The summed E-state index contributed by atoms with van der Waals surface area (Å²) in [6.07, 6.45) is -5.86. The normalized spacial score (nSPS) is 31.3. The molecule has 4 nitrogen and oxygen atoms in total. The van der Waals surface area contributed by atoms with Crippen LogP contribution < -0.4 is 0 Å². The standard InChI is InChI=1S/C22H22ClF3O4S/c1-12-18-17(11-28-20(30-18)13-6-4-3-5-7-13)29-21(19(12)27-2)31-14-8-9-15(16(23)10-14)22(24,25)26/h3-10,12,17-21H,11H2,1-2H3/t12?,17?,18-,19-,20?,21-/m1/s1. The van der Waals surface area contributed by atoms with Crippen LogP contribution in [0.5, 0.6) is 0 Å². The van der Waals surface area contributed by atoms with E-state index in [0.717, 1.165) is 11.6 Å². The third-order valence-electron chi connectivity index (χ3n) is 5.51. The van der Waals surface area contributed by atoms with Gasteiger partial charge in [0.1, 0.15) is 11.5 Å². The van der Waals surface area contributed by atoms with Crippen LogP contribution in [0.15, 0.2) is 53.4 Å². The van der Waals surface area contributed by atoms with Crippen molar-refractivity contribution in [1.29, 1.82) is 0 Å². The fourth-order valence-corrected chi connectivity index (χ4v) is 5.59. The summed E-state index contributed by atoms with van der Waals surface area (Å²) in [5.41, 5.74) is -0.381. The average molecular weight is 475 g/mol. The Morgan fingerprint density at radius 1 is 1.10 bits per heavy atom. The second-order valence-corrected chi connectivity index (χ2v) is 9.12. The third kappa shape index (κ3) is 4.89. The second-order valence-electron chi connectivity index (χ2n) is 7.54. The molecule has 2 aromatic carbocycles. The van der Waals surface area contributed by atoms with E-state index >= 15 is 0 Å². The van der Waals surface area contributed by atoms with Crippen LogP contribution in [0.4, 0.5) is 13.2 Å². The fraction of sp³-hybridized carbons (Fsp3) is 0.455. The molecule has 0 spiro atoms. The molecule has 2 heterocycles. The highest BCUT2D eigenvalue weighted by Gasteiger charge is 2.48. The lowest BCUT2D eigenvalue weighted by molar-refractivity contribution is -0.309. The minimum atomic E-state index is -4.50. The number of benzene rings is 2. The van der Waals surface area contributed by atoms with Gasteiger partial charge in [0, 0.05) is 23.5 Å². The van der Waals surface area contributed by atoms with Crippen molar-refractivity contribution >= 4 is 23.4 Å². The highest BCUT2D eigenvalue weighted by atomic mass is 35.5. The van der Waals surface area contributed by atoms with E-state index < -0.39 is 23.5 Å². The molecule has 2 aromatic rings. The number of hydrogen-bond acceptors (Lipinski definition) is 5. The maximum Gasteiger partial charge on any atom is 0.417 e. The van der Waals surface area contributed by atoms with Crippen LogP contribution in [0, 0.1) is 5.92 Å². The molecule has 2 aliphatic heterocycles. The van der Waals surface area contributed by atoms with Crippen LogP contribution in [0.1, 0.15) is 24.3 Å². The van der Waals surface area contributed by atoms with Gasteiger partial charge < -0.3 is 18.9 Å². The first-order chi connectivity index (χ1) is 14.8. The number of alkyl halides is 3. The molecule has 0 amide bonds. The van der Waals surface area contributed by atoms with Crippen molar-refractivity contribution in [1.82, 2.24) is 0 Å². The SMILES string of the molecule is CO[C@@H]1C(C)[C@H]2OC(c3ccccc3)OCC2O[C@@H]1Sc1ccc(C(F)(F)F)c(Cl)c1. The smallest absolute Gasteiger partial charge is 0.377 e. The predicted octanol–water partition coefficient (Wildman–Crippen LogP) is 5.94. The van der Waals surface area contributed by atoms with Crippen molar-refractivity contribution < 1.29 is 32.1 Å². The van der Waals surface area contributed by atoms with Gasteiger partial charge in [-0.15, -0.1) is 0 Å². The van der Waals surface area contributed by atoms with Gasteiger partial charge in [-0.2, -0.15) is 13.2 Å². The van der Waals surface area contributed by atoms with E-state index in [9.17, 15) is 13.2 Å². The van der Waals surface area contributed by atoms with Crippen molar-refractivity contribution in [3.05, 3.63) is 64.7 Å². The first kappa shape index (κ1) is 22.9. The minimum absolute atomic E-state index is 0.0266. The van der Waals surface area contributed by atoms with E-state index in [1.54, 1.807) is 7.11 Å². The molecule has 2 aliphatic rings. The van der Waals surface area contributed by atoms with E-state index in [1.165, 1.54) is 23.9 Å². The third-order valence-corrected chi connectivity index (χ3v) is 6.97. The number of fused-ring (bicyclic) bond motifs is 1. The van der Waals surface area contributed by atoms with E-state index in [4.69, 9.17) is 30.5 Å². The Labute approximate surface area is 188 Å². The minimum Gasteiger partial charge on any atom is -0.377 e. The zero-order chi connectivity index (χ0) is 22.2. The molecule has 2 saturated heterocycles. The summed E-state index contributed by atoms with van der Waals surface area (Å²) in [5.74, 6) is -0.0266. The van der Waals surface area contributed by atoms with Crippen molar-refractivity contribution in [2.45, 2.75) is 48.0 Å². The quantitative estimate of drug-likeness (QED) is 0.548. The predicted molar refractivity (Wildman–Crippen MR) is 111 cm³/mol. The summed E-state index contributed by atoms with van der Waals surface area (Å²) in [6, 6.07) is 13.4. The molecule has 0 aromatic heterocycles. The summed E-state index contributed by atoms with van der Waals surface area (Å²) < 4.78 is 63.0. The van der Waals surface area contributed by atoms with Crippen LogP contribution in [-0.4, -0.2) is 37.5 Å². The van der Waals surface area contributed by atoms with Gasteiger partial charge in [0.05, 0.1) is 29.4 Å². The molecule has 0 saturated carbocycles. The Morgan fingerprint density at radius 3 is 2.48 bits per heavy atom. The van der Waals surface area contributed by atoms with Gasteiger partial charge in [0.15, 0.2) is 6.29 Å². The van der Waals surface area contributed by atoms with Crippen LogP contribution in [0.25, 0.3) is 0 Å². The maximum absolute atomic E-state index is 13.0. The van der Waals surface area contributed by atoms with E-state index in [-0.39, 0.29) is 29.3 Å². The van der Waals surface area contributed by atoms with Crippen molar-refractivity contribution in [3.63, 3.8) is 0 Å². The van der Waals surface area contributed by atoms with Gasteiger partial charge in [0.25, 0.3) is 0 Å². The molecule has 31 heavy (non-hydrogen) atoms. The number of halogens is 4. The molecule has 0 radical (unpaired) electrons. The largest absolute Gasteiger partial charge is 0.417 e. The van der Waals surface area contributed by atoms with E-state index in [2.05, 4.69) is 0 Å². The monoisotopic (exact) mass is 474 g/mol. The molecule has 3 unspecified atom stereocenters. The Hall–Kier alpha value is -1.29. The molecule has 4 rings (SSSR count). The van der Waals surface area contributed by atoms with Crippen LogP contribution in [0.2, 0.25) is 5.02 Å².